The van der Waals surface area contributed by atoms with Crippen molar-refractivity contribution < 1.29 is 17.6 Å². The fourth-order valence-corrected chi connectivity index (χ4v) is 3.79. The Morgan fingerprint density at radius 3 is 2.74 bits per heavy atom. The molecule has 0 spiro atoms. The summed E-state index contributed by atoms with van der Waals surface area (Å²) in [6, 6.07) is 6.05. The number of nitrogens with one attached hydrogen (secondary N) is 1. The molecular weight excluding hydrogens is 286 g/mol. The summed E-state index contributed by atoms with van der Waals surface area (Å²) in [7, 11) is -3.76. The number of furan rings is 1. The zero-order valence-corrected chi connectivity index (χ0v) is 11.8. The maximum absolute atomic E-state index is 12.1. The molecule has 0 saturated heterocycles. The number of carbonyl (C=O) groups excluding carboxylic acids is 1. The highest BCUT2D eigenvalue weighted by Gasteiger charge is 2.23. The van der Waals surface area contributed by atoms with Crippen molar-refractivity contribution in [2.24, 2.45) is 0 Å². The van der Waals surface area contributed by atoms with Crippen molar-refractivity contribution in [2.75, 3.05) is 0 Å². The van der Waals surface area contributed by atoms with Crippen molar-refractivity contribution in [3.63, 3.8) is 0 Å². The maximum Gasteiger partial charge on any atom is 0.274 e. The summed E-state index contributed by atoms with van der Waals surface area (Å²) in [6.45, 7) is 1.89. The Morgan fingerprint density at radius 2 is 2.21 bits per heavy atom. The van der Waals surface area contributed by atoms with Gasteiger partial charge in [-0.05, 0) is 30.0 Å². The van der Waals surface area contributed by atoms with Gasteiger partial charge < -0.3 is 4.42 Å². The van der Waals surface area contributed by atoms with Crippen molar-refractivity contribution in [3.05, 3.63) is 40.3 Å². The summed E-state index contributed by atoms with van der Waals surface area (Å²) in [5, 5.41) is 1.65. The van der Waals surface area contributed by atoms with Gasteiger partial charge in [-0.1, -0.05) is 13.0 Å². The van der Waals surface area contributed by atoms with Crippen LogP contribution in [-0.2, 0) is 10.0 Å². The Hall–Kier alpha value is -1.44. The van der Waals surface area contributed by atoms with E-state index in [-0.39, 0.29) is 16.9 Å². The second-order valence-electron chi connectivity index (χ2n) is 3.87. The molecule has 0 aliphatic rings. The molecule has 7 heteroatoms. The second-order valence-corrected chi connectivity index (χ2v) is 6.50. The fraction of sp³-hybridized carbons (Fsp3) is 0.250. The molecule has 2 heterocycles. The van der Waals surface area contributed by atoms with Crippen LogP contribution >= 0.6 is 11.3 Å². The first kappa shape index (κ1) is 14.0. The lowest BCUT2D eigenvalue weighted by Crippen LogP contribution is -2.27. The monoisotopic (exact) mass is 299 g/mol. The molecule has 0 aliphatic carbocycles. The third kappa shape index (κ3) is 3.12. The first-order valence-electron chi connectivity index (χ1n) is 5.67. The van der Waals surface area contributed by atoms with Gasteiger partial charge >= 0.3 is 0 Å². The van der Waals surface area contributed by atoms with Crippen LogP contribution in [0.4, 0.5) is 0 Å². The number of hydrogen-bond donors (Lipinski definition) is 1. The van der Waals surface area contributed by atoms with Gasteiger partial charge in [0.15, 0.2) is 12.0 Å². The summed E-state index contributed by atoms with van der Waals surface area (Å²) < 4.78 is 31.7. The number of hydrogen-bond acceptors (Lipinski definition) is 5. The van der Waals surface area contributed by atoms with Gasteiger partial charge in [0, 0.05) is 4.88 Å². The van der Waals surface area contributed by atoms with E-state index < -0.39 is 10.0 Å². The Bertz CT molecular complexity index is 643. The molecule has 0 amide bonds. The third-order valence-corrected chi connectivity index (χ3v) is 4.91. The van der Waals surface area contributed by atoms with Gasteiger partial charge in [0.25, 0.3) is 10.0 Å². The lowest BCUT2D eigenvalue weighted by Gasteiger charge is -2.14. The minimum absolute atomic E-state index is 0.00968. The predicted molar refractivity (Wildman–Crippen MR) is 71.8 cm³/mol. The smallest absolute Gasteiger partial charge is 0.274 e. The third-order valence-electron chi connectivity index (χ3n) is 2.58. The Kier molecular flexibility index (Phi) is 4.18. The zero-order chi connectivity index (χ0) is 13.9. The molecular formula is C12H13NO4S2. The first-order valence-corrected chi connectivity index (χ1v) is 8.04. The molecule has 2 rings (SSSR count). The zero-order valence-electron chi connectivity index (χ0n) is 10.2. The molecule has 0 bridgehead atoms. The molecule has 102 valence electrons. The van der Waals surface area contributed by atoms with Gasteiger partial charge in [0.1, 0.15) is 0 Å². The molecule has 5 nitrogen and oxygen atoms in total. The maximum atomic E-state index is 12.1. The minimum Gasteiger partial charge on any atom is -0.440 e. The quantitative estimate of drug-likeness (QED) is 0.832. The molecule has 19 heavy (non-hydrogen) atoms. The summed E-state index contributed by atoms with van der Waals surface area (Å²) >= 11 is 1.49. The molecule has 0 aromatic carbocycles. The van der Waals surface area contributed by atoms with Gasteiger partial charge in [-0.25, -0.2) is 13.1 Å². The average molecular weight is 299 g/mol. The molecule has 1 N–H and O–H groups in total. The highest BCUT2D eigenvalue weighted by molar-refractivity contribution is 7.89. The van der Waals surface area contributed by atoms with Crippen molar-refractivity contribution in [3.8, 4) is 0 Å². The van der Waals surface area contributed by atoms with Crippen LogP contribution in [-0.4, -0.2) is 14.7 Å². The highest BCUT2D eigenvalue weighted by atomic mass is 32.2. The second kappa shape index (κ2) is 5.68. The van der Waals surface area contributed by atoms with Crippen LogP contribution in [0.5, 0.6) is 0 Å². The van der Waals surface area contributed by atoms with Crippen molar-refractivity contribution in [1.82, 2.24) is 4.72 Å². The van der Waals surface area contributed by atoms with E-state index in [9.17, 15) is 13.2 Å². The summed E-state index contributed by atoms with van der Waals surface area (Å²) in [6.07, 6.45) is 1.09. The van der Waals surface area contributed by atoms with Crippen molar-refractivity contribution in [1.29, 1.82) is 0 Å². The number of aldehydes is 1. The van der Waals surface area contributed by atoms with Crippen molar-refractivity contribution in [2.45, 2.75) is 24.5 Å². The molecule has 0 radical (unpaired) electrons. The number of thiophene rings is 1. The molecule has 2 aromatic rings. The molecule has 0 aliphatic heterocycles. The standard InChI is InChI=1S/C12H13NO4S2/c1-2-10(11-4-3-7-18-11)13-19(15,16)12-6-5-9(8-14)17-12/h3-8,10,13H,2H2,1H3. The van der Waals surface area contributed by atoms with E-state index >= 15 is 0 Å². The van der Waals surface area contributed by atoms with Crippen LogP contribution < -0.4 is 4.72 Å². The summed E-state index contributed by atoms with van der Waals surface area (Å²) in [4.78, 5) is 11.4. The van der Waals surface area contributed by atoms with E-state index in [1.54, 1.807) is 0 Å². The van der Waals surface area contributed by atoms with E-state index in [4.69, 9.17) is 4.42 Å². The van der Waals surface area contributed by atoms with E-state index in [0.29, 0.717) is 12.7 Å². The fourth-order valence-electron chi connectivity index (χ4n) is 1.62. The van der Waals surface area contributed by atoms with E-state index in [1.807, 2.05) is 24.4 Å². The highest BCUT2D eigenvalue weighted by Crippen LogP contribution is 2.24. The molecule has 1 atom stereocenters. The largest absolute Gasteiger partial charge is 0.440 e. The van der Waals surface area contributed by atoms with Gasteiger partial charge in [-0.3, -0.25) is 4.79 Å². The van der Waals surface area contributed by atoms with E-state index in [0.717, 1.165) is 4.88 Å². The van der Waals surface area contributed by atoms with Crippen LogP contribution in [0.3, 0.4) is 0 Å². The molecule has 2 aromatic heterocycles. The Balaban J connectivity index is 2.23. The average Bonchev–Trinajstić information content (AvgIpc) is 3.06. The summed E-state index contributed by atoms with van der Waals surface area (Å²) in [5.74, 6) is -0.00968. The van der Waals surface area contributed by atoms with Crippen LogP contribution in [0, 0.1) is 0 Å². The van der Waals surface area contributed by atoms with E-state index in [2.05, 4.69) is 4.72 Å². The van der Waals surface area contributed by atoms with Gasteiger partial charge in [-0.15, -0.1) is 11.3 Å². The predicted octanol–water partition coefficient (Wildman–Crippen LogP) is 2.58. The Labute approximate surface area is 115 Å². The summed E-state index contributed by atoms with van der Waals surface area (Å²) in [5.41, 5.74) is 0. The lowest BCUT2D eigenvalue weighted by molar-refractivity contribution is 0.109. The molecule has 1 unspecified atom stereocenters. The van der Waals surface area contributed by atoms with Crippen molar-refractivity contribution >= 4 is 27.6 Å². The normalized spacial score (nSPS) is 13.3. The Morgan fingerprint density at radius 1 is 1.42 bits per heavy atom. The molecule has 0 fully saturated rings. The van der Waals surface area contributed by atoms with Crippen LogP contribution in [0.2, 0.25) is 0 Å². The van der Waals surface area contributed by atoms with Crippen LogP contribution in [0.1, 0.15) is 34.8 Å². The first-order chi connectivity index (χ1) is 9.06. The van der Waals surface area contributed by atoms with Gasteiger partial charge in [0.05, 0.1) is 6.04 Å². The number of rotatable bonds is 6. The van der Waals surface area contributed by atoms with Crippen LogP contribution in [0.25, 0.3) is 0 Å². The van der Waals surface area contributed by atoms with Gasteiger partial charge in [-0.2, -0.15) is 0 Å². The van der Waals surface area contributed by atoms with Crippen LogP contribution in [0.15, 0.2) is 39.2 Å². The minimum atomic E-state index is -3.76. The SMILES string of the molecule is CCC(NS(=O)(=O)c1ccc(C=O)o1)c1cccs1. The number of sulfonamides is 1. The van der Waals surface area contributed by atoms with E-state index in [1.165, 1.54) is 23.5 Å². The lowest BCUT2D eigenvalue weighted by atomic mass is 10.2. The molecule has 0 saturated carbocycles. The topological polar surface area (TPSA) is 76.4 Å². The van der Waals surface area contributed by atoms with Gasteiger partial charge in [0.2, 0.25) is 5.09 Å². The number of carbonyl (C=O) groups is 1.